The molecule has 1 amide bonds. The summed E-state index contributed by atoms with van der Waals surface area (Å²) in [5, 5.41) is 2.88. The number of benzene rings is 2. The molecule has 35 heavy (non-hydrogen) atoms. The zero-order valence-electron chi connectivity index (χ0n) is 19.7. The number of pyridine rings is 1. The van der Waals surface area contributed by atoms with E-state index in [0.717, 1.165) is 16.9 Å². The molecule has 0 unspecified atom stereocenters. The highest BCUT2D eigenvalue weighted by atomic mass is 32.2. The molecule has 2 aromatic heterocycles. The molecule has 8 nitrogen and oxygen atoms in total. The number of fused-ring (bicyclic) bond motifs is 1. The van der Waals surface area contributed by atoms with Crippen LogP contribution in [-0.2, 0) is 23.2 Å². The van der Waals surface area contributed by atoms with Gasteiger partial charge < -0.3 is 14.5 Å². The van der Waals surface area contributed by atoms with E-state index in [9.17, 15) is 13.2 Å². The lowest BCUT2D eigenvalue weighted by Gasteiger charge is -2.18. The van der Waals surface area contributed by atoms with Gasteiger partial charge in [-0.2, -0.15) is 4.31 Å². The van der Waals surface area contributed by atoms with Crippen molar-refractivity contribution in [3.05, 3.63) is 95.9 Å². The first-order chi connectivity index (χ1) is 16.9. The minimum atomic E-state index is -3.51. The number of amides is 1. The third kappa shape index (κ3) is 5.52. The quantitative estimate of drug-likeness (QED) is 0.363. The van der Waals surface area contributed by atoms with Crippen LogP contribution in [0.1, 0.15) is 35.5 Å². The maximum Gasteiger partial charge on any atom is 0.255 e. The number of carbonyl (C=O) groups excluding carboxylic acids is 1. The molecule has 0 saturated heterocycles. The second kappa shape index (κ2) is 10.7. The van der Waals surface area contributed by atoms with Crippen LogP contribution >= 0.6 is 0 Å². The van der Waals surface area contributed by atoms with Crippen LogP contribution in [0.25, 0.3) is 5.65 Å². The van der Waals surface area contributed by atoms with Gasteiger partial charge in [0.2, 0.25) is 10.0 Å². The zero-order valence-corrected chi connectivity index (χ0v) is 20.5. The monoisotopic (exact) mass is 492 g/mol. The zero-order chi connectivity index (χ0) is 24.8. The molecule has 0 radical (unpaired) electrons. The molecule has 0 fully saturated rings. The highest BCUT2D eigenvalue weighted by Gasteiger charge is 2.21. The fourth-order valence-corrected chi connectivity index (χ4v) is 5.22. The van der Waals surface area contributed by atoms with E-state index in [-0.39, 0.29) is 24.0 Å². The van der Waals surface area contributed by atoms with Gasteiger partial charge in [0.15, 0.2) is 0 Å². The maximum atomic E-state index is 12.9. The van der Waals surface area contributed by atoms with E-state index in [1.54, 1.807) is 42.5 Å². The molecule has 0 atom stereocenters. The predicted octanol–water partition coefficient (Wildman–Crippen LogP) is 3.87. The Bertz CT molecular complexity index is 1380. The molecule has 9 heteroatoms. The first-order valence-corrected chi connectivity index (χ1v) is 12.9. The summed E-state index contributed by atoms with van der Waals surface area (Å²) in [6, 6.07) is 19.4. The van der Waals surface area contributed by atoms with Crippen molar-refractivity contribution in [2.75, 3.05) is 13.1 Å². The number of hydrogen-bond acceptors (Lipinski definition) is 5. The standard InChI is InChI=1S/C26H28N4O4S/c1-3-30(4-2)35(32,33)22-14-12-20(13-15-22)17-27-26(31)23-9-5-6-10-24(23)34-19-21-18-29-16-8-7-11-25(29)28-21/h5-16,18H,3-4,17,19H2,1-2H3,(H,27,31). The lowest BCUT2D eigenvalue weighted by Crippen LogP contribution is -2.30. The summed E-state index contributed by atoms with van der Waals surface area (Å²) in [7, 11) is -3.51. The number of aromatic nitrogens is 2. The van der Waals surface area contributed by atoms with Crippen molar-refractivity contribution < 1.29 is 17.9 Å². The van der Waals surface area contributed by atoms with Gasteiger partial charge in [0.1, 0.15) is 18.0 Å². The lowest BCUT2D eigenvalue weighted by molar-refractivity contribution is 0.0946. The number of rotatable bonds is 10. The highest BCUT2D eigenvalue weighted by molar-refractivity contribution is 7.89. The van der Waals surface area contributed by atoms with Crippen LogP contribution in [0, 0.1) is 0 Å². The number of hydrogen-bond donors (Lipinski definition) is 1. The molecule has 4 aromatic rings. The summed E-state index contributed by atoms with van der Waals surface area (Å²) in [6.45, 7) is 4.93. The normalized spacial score (nSPS) is 11.6. The molecule has 1 N–H and O–H groups in total. The SMILES string of the molecule is CCN(CC)S(=O)(=O)c1ccc(CNC(=O)c2ccccc2OCc2cn3ccccc3n2)cc1. The number of nitrogens with zero attached hydrogens (tertiary/aromatic N) is 3. The Kier molecular flexibility index (Phi) is 7.48. The maximum absolute atomic E-state index is 12.9. The van der Waals surface area contributed by atoms with Crippen LogP contribution in [0.3, 0.4) is 0 Å². The summed E-state index contributed by atoms with van der Waals surface area (Å²) in [4.78, 5) is 17.6. The summed E-state index contributed by atoms with van der Waals surface area (Å²) < 4.78 is 34.5. The van der Waals surface area contributed by atoms with Gasteiger partial charge in [-0.15, -0.1) is 0 Å². The molecule has 0 aliphatic rings. The molecular formula is C26H28N4O4S. The van der Waals surface area contributed by atoms with Gasteiger partial charge in [-0.05, 0) is 42.0 Å². The van der Waals surface area contributed by atoms with Crippen LogP contribution < -0.4 is 10.1 Å². The van der Waals surface area contributed by atoms with Gasteiger partial charge in [-0.25, -0.2) is 13.4 Å². The Hall–Kier alpha value is -3.69. The summed E-state index contributed by atoms with van der Waals surface area (Å²) in [6.07, 6.45) is 3.81. The third-order valence-electron chi connectivity index (χ3n) is 5.64. The predicted molar refractivity (Wildman–Crippen MR) is 134 cm³/mol. The van der Waals surface area contributed by atoms with E-state index in [0.29, 0.717) is 24.4 Å². The number of nitrogens with one attached hydrogen (secondary N) is 1. The van der Waals surface area contributed by atoms with E-state index in [2.05, 4.69) is 10.3 Å². The number of carbonyl (C=O) groups is 1. The summed E-state index contributed by atoms with van der Waals surface area (Å²) in [5.41, 5.74) is 2.79. The fraction of sp³-hybridized carbons (Fsp3) is 0.231. The van der Waals surface area contributed by atoms with Crippen molar-refractivity contribution in [1.82, 2.24) is 19.0 Å². The first kappa shape index (κ1) is 24.4. The number of para-hydroxylation sites is 1. The summed E-state index contributed by atoms with van der Waals surface area (Å²) in [5.74, 6) is 0.179. The molecule has 0 aliphatic heterocycles. The van der Waals surface area contributed by atoms with Crippen LogP contribution in [0.2, 0.25) is 0 Å². The van der Waals surface area contributed by atoms with Crippen LogP contribution in [-0.4, -0.2) is 41.1 Å². The fourth-order valence-electron chi connectivity index (χ4n) is 3.76. The van der Waals surface area contributed by atoms with Crippen molar-refractivity contribution in [2.45, 2.75) is 31.9 Å². The average molecular weight is 493 g/mol. The highest BCUT2D eigenvalue weighted by Crippen LogP contribution is 2.20. The van der Waals surface area contributed by atoms with E-state index in [1.807, 2.05) is 54.9 Å². The second-order valence-electron chi connectivity index (χ2n) is 7.90. The van der Waals surface area contributed by atoms with Gasteiger partial charge in [0, 0.05) is 32.0 Å². The van der Waals surface area contributed by atoms with Crippen molar-refractivity contribution in [3.8, 4) is 5.75 Å². The van der Waals surface area contributed by atoms with Crippen LogP contribution in [0.4, 0.5) is 0 Å². The molecule has 2 aromatic carbocycles. The largest absolute Gasteiger partial charge is 0.486 e. The summed E-state index contributed by atoms with van der Waals surface area (Å²) >= 11 is 0. The number of ether oxygens (including phenoxy) is 1. The van der Waals surface area contributed by atoms with Gasteiger partial charge in [0.05, 0.1) is 16.2 Å². The van der Waals surface area contributed by atoms with E-state index in [1.165, 1.54) is 4.31 Å². The van der Waals surface area contributed by atoms with Crippen molar-refractivity contribution >= 4 is 21.6 Å². The van der Waals surface area contributed by atoms with Crippen molar-refractivity contribution in [3.63, 3.8) is 0 Å². The van der Waals surface area contributed by atoms with E-state index >= 15 is 0 Å². The Balaban J connectivity index is 1.39. The minimum absolute atomic E-state index is 0.231. The molecule has 0 aliphatic carbocycles. The van der Waals surface area contributed by atoms with Gasteiger partial charge >= 0.3 is 0 Å². The Morgan fingerprint density at radius 3 is 2.43 bits per heavy atom. The van der Waals surface area contributed by atoms with Crippen molar-refractivity contribution in [2.24, 2.45) is 0 Å². The average Bonchev–Trinajstić information content (AvgIpc) is 3.30. The smallest absolute Gasteiger partial charge is 0.255 e. The van der Waals surface area contributed by atoms with Crippen molar-refractivity contribution in [1.29, 1.82) is 0 Å². The topological polar surface area (TPSA) is 93.0 Å². The Labute approximate surface area is 205 Å². The third-order valence-corrected chi connectivity index (χ3v) is 7.70. The van der Waals surface area contributed by atoms with Crippen LogP contribution in [0.5, 0.6) is 5.75 Å². The van der Waals surface area contributed by atoms with Gasteiger partial charge in [-0.3, -0.25) is 4.79 Å². The Morgan fingerprint density at radius 2 is 1.71 bits per heavy atom. The van der Waals surface area contributed by atoms with Gasteiger partial charge in [0.25, 0.3) is 5.91 Å². The number of sulfonamides is 1. The molecule has 0 saturated carbocycles. The van der Waals surface area contributed by atoms with E-state index < -0.39 is 10.0 Å². The first-order valence-electron chi connectivity index (χ1n) is 11.4. The lowest BCUT2D eigenvalue weighted by atomic mass is 10.1. The molecule has 0 bridgehead atoms. The van der Waals surface area contributed by atoms with Gasteiger partial charge in [-0.1, -0.05) is 44.2 Å². The number of imidazole rings is 1. The van der Waals surface area contributed by atoms with E-state index in [4.69, 9.17) is 4.74 Å². The second-order valence-corrected chi connectivity index (χ2v) is 9.84. The Morgan fingerprint density at radius 1 is 1.00 bits per heavy atom. The van der Waals surface area contributed by atoms with Crippen LogP contribution in [0.15, 0.2) is 84.0 Å². The minimum Gasteiger partial charge on any atom is -0.486 e. The molecule has 0 spiro atoms. The molecular weight excluding hydrogens is 464 g/mol. The molecule has 2 heterocycles. The molecule has 4 rings (SSSR count). The molecule has 182 valence electrons.